The molecule has 132 valence electrons. The molecular formula is C20H26N4O. The molecule has 0 saturated carbocycles. The number of amides is 1. The van der Waals surface area contributed by atoms with Crippen LogP contribution in [0.25, 0.3) is 0 Å². The summed E-state index contributed by atoms with van der Waals surface area (Å²) in [5.74, 6) is 0.538. The van der Waals surface area contributed by atoms with Crippen LogP contribution in [0.1, 0.15) is 34.6 Å². The summed E-state index contributed by atoms with van der Waals surface area (Å²) in [4.78, 5) is 25.4. The lowest BCUT2D eigenvalue weighted by Gasteiger charge is -2.29. The molecule has 1 atom stereocenters. The summed E-state index contributed by atoms with van der Waals surface area (Å²) in [6, 6.07) is 9.95. The number of carbonyl (C=O) groups excluding carboxylic acids is 1. The van der Waals surface area contributed by atoms with Crippen molar-refractivity contribution < 1.29 is 4.79 Å². The SMILES string of the molecule is CN1CCCC(Cc2cnc(C(=O)N(C)Cc3ccccc3)cn2)C1. The van der Waals surface area contributed by atoms with Gasteiger partial charge in [-0.1, -0.05) is 30.3 Å². The molecule has 25 heavy (non-hydrogen) atoms. The van der Waals surface area contributed by atoms with E-state index in [0.29, 0.717) is 18.2 Å². The van der Waals surface area contributed by atoms with Gasteiger partial charge in [-0.2, -0.15) is 0 Å². The van der Waals surface area contributed by atoms with Crippen molar-refractivity contribution in [3.63, 3.8) is 0 Å². The van der Waals surface area contributed by atoms with Gasteiger partial charge in [0.25, 0.3) is 5.91 Å². The maximum atomic E-state index is 12.5. The summed E-state index contributed by atoms with van der Waals surface area (Å²) < 4.78 is 0. The van der Waals surface area contributed by atoms with E-state index in [1.807, 2.05) is 30.3 Å². The first-order valence-corrected chi connectivity index (χ1v) is 8.90. The zero-order valence-corrected chi connectivity index (χ0v) is 15.1. The van der Waals surface area contributed by atoms with E-state index in [1.54, 1.807) is 24.3 Å². The fraction of sp³-hybridized carbons (Fsp3) is 0.450. The van der Waals surface area contributed by atoms with Crippen molar-refractivity contribution >= 4 is 5.91 Å². The first kappa shape index (κ1) is 17.5. The van der Waals surface area contributed by atoms with Crippen molar-refractivity contribution in [1.29, 1.82) is 0 Å². The fourth-order valence-corrected chi connectivity index (χ4v) is 3.43. The smallest absolute Gasteiger partial charge is 0.274 e. The van der Waals surface area contributed by atoms with E-state index >= 15 is 0 Å². The molecule has 1 aliphatic heterocycles. The molecule has 0 aliphatic carbocycles. The number of hydrogen-bond acceptors (Lipinski definition) is 4. The number of likely N-dealkylation sites (tertiary alicyclic amines) is 1. The van der Waals surface area contributed by atoms with Crippen molar-refractivity contribution in [3.05, 3.63) is 59.7 Å². The zero-order chi connectivity index (χ0) is 17.6. The molecule has 5 nitrogen and oxygen atoms in total. The highest BCUT2D eigenvalue weighted by atomic mass is 16.2. The Morgan fingerprint density at radius 1 is 1.24 bits per heavy atom. The molecule has 0 radical (unpaired) electrons. The van der Waals surface area contributed by atoms with E-state index in [-0.39, 0.29) is 5.91 Å². The minimum atomic E-state index is -0.0969. The van der Waals surface area contributed by atoms with Gasteiger partial charge >= 0.3 is 0 Å². The van der Waals surface area contributed by atoms with Gasteiger partial charge in [-0.05, 0) is 44.3 Å². The van der Waals surface area contributed by atoms with Gasteiger partial charge in [-0.25, -0.2) is 4.98 Å². The molecule has 0 N–H and O–H groups in total. The van der Waals surface area contributed by atoms with E-state index in [4.69, 9.17) is 0 Å². The van der Waals surface area contributed by atoms with Crippen molar-refractivity contribution in [2.45, 2.75) is 25.8 Å². The lowest BCUT2D eigenvalue weighted by atomic mass is 9.94. The molecule has 5 heteroatoms. The Balaban J connectivity index is 1.58. The number of aromatic nitrogens is 2. The highest BCUT2D eigenvalue weighted by Crippen LogP contribution is 2.18. The zero-order valence-electron chi connectivity index (χ0n) is 15.1. The van der Waals surface area contributed by atoms with Crippen LogP contribution in [0.2, 0.25) is 0 Å². The molecule has 1 aromatic heterocycles. The lowest BCUT2D eigenvalue weighted by molar-refractivity contribution is 0.0778. The number of nitrogens with zero attached hydrogens (tertiary/aromatic N) is 4. The average Bonchev–Trinajstić information content (AvgIpc) is 2.62. The Kier molecular flexibility index (Phi) is 5.76. The van der Waals surface area contributed by atoms with Crippen LogP contribution in [0.5, 0.6) is 0 Å². The Bertz CT molecular complexity index is 687. The summed E-state index contributed by atoms with van der Waals surface area (Å²) in [7, 11) is 3.96. The molecule has 0 bridgehead atoms. The van der Waals surface area contributed by atoms with Crippen LogP contribution < -0.4 is 0 Å². The van der Waals surface area contributed by atoms with Crippen LogP contribution in [-0.4, -0.2) is 52.9 Å². The van der Waals surface area contributed by atoms with Gasteiger partial charge in [-0.3, -0.25) is 9.78 Å². The highest BCUT2D eigenvalue weighted by Gasteiger charge is 2.19. The van der Waals surface area contributed by atoms with Crippen molar-refractivity contribution in [1.82, 2.24) is 19.8 Å². The monoisotopic (exact) mass is 338 g/mol. The third-order valence-electron chi connectivity index (χ3n) is 4.75. The maximum Gasteiger partial charge on any atom is 0.274 e. The minimum Gasteiger partial charge on any atom is -0.336 e. The molecule has 1 aliphatic rings. The minimum absolute atomic E-state index is 0.0969. The largest absolute Gasteiger partial charge is 0.336 e. The molecule has 2 heterocycles. The highest BCUT2D eigenvalue weighted by molar-refractivity contribution is 5.91. The van der Waals surface area contributed by atoms with Crippen LogP contribution >= 0.6 is 0 Å². The van der Waals surface area contributed by atoms with Crippen LogP contribution in [0.3, 0.4) is 0 Å². The van der Waals surface area contributed by atoms with Crippen LogP contribution in [0, 0.1) is 5.92 Å². The first-order chi connectivity index (χ1) is 12.1. The van der Waals surface area contributed by atoms with E-state index in [0.717, 1.165) is 24.2 Å². The Hall–Kier alpha value is -2.27. The molecule has 0 spiro atoms. The summed E-state index contributed by atoms with van der Waals surface area (Å²) in [5.41, 5.74) is 2.48. The average molecular weight is 338 g/mol. The second kappa shape index (κ2) is 8.21. The van der Waals surface area contributed by atoms with E-state index < -0.39 is 0 Å². The molecule has 1 aromatic carbocycles. The van der Waals surface area contributed by atoms with E-state index in [9.17, 15) is 4.79 Å². The number of benzene rings is 1. The Morgan fingerprint density at radius 2 is 2.04 bits per heavy atom. The summed E-state index contributed by atoms with van der Waals surface area (Å²) in [6.07, 6.45) is 6.80. The number of carbonyl (C=O) groups is 1. The second-order valence-corrected chi connectivity index (χ2v) is 7.01. The maximum absolute atomic E-state index is 12.5. The van der Waals surface area contributed by atoms with Gasteiger partial charge in [0, 0.05) is 26.3 Å². The summed E-state index contributed by atoms with van der Waals surface area (Å²) in [5, 5.41) is 0. The lowest BCUT2D eigenvalue weighted by Crippen LogP contribution is -2.33. The van der Waals surface area contributed by atoms with E-state index in [2.05, 4.69) is 21.9 Å². The van der Waals surface area contributed by atoms with Crippen LogP contribution in [-0.2, 0) is 13.0 Å². The first-order valence-electron chi connectivity index (χ1n) is 8.90. The molecule has 2 aromatic rings. The third kappa shape index (κ3) is 4.86. The Morgan fingerprint density at radius 3 is 2.72 bits per heavy atom. The fourth-order valence-electron chi connectivity index (χ4n) is 3.43. The molecular weight excluding hydrogens is 312 g/mol. The Labute approximate surface area is 149 Å². The van der Waals surface area contributed by atoms with Gasteiger partial charge in [0.05, 0.1) is 11.9 Å². The molecule has 1 saturated heterocycles. The quantitative estimate of drug-likeness (QED) is 0.841. The summed E-state index contributed by atoms with van der Waals surface area (Å²) >= 11 is 0. The normalized spacial score (nSPS) is 18.1. The molecule has 3 rings (SSSR count). The number of piperidine rings is 1. The topological polar surface area (TPSA) is 49.3 Å². The van der Waals surface area contributed by atoms with E-state index in [1.165, 1.54) is 19.4 Å². The van der Waals surface area contributed by atoms with Gasteiger partial charge in [0.2, 0.25) is 0 Å². The van der Waals surface area contributed by atoms with Crippen LogP contribution in [0.15, 0.2) is 42.7 Å². The van der Waals surface area contributed by atoms with Crippen molar-refractivity contribution in [2.75, 3.05) is 27.2 Å². The van der Waals surface area contributed by atoms with Gasteiger partial charge in [0.15, 0.2) is 0 Å². The number of hydrogen-bond donors (Lipinski definition) is 0. The molecule has 1 unspecified atom stereocenters. The van der Waals surface area contributed by atoms with Gasteiger partial charge < -0.3 is 9.80 Å². The molecule has 1 fully saturated rings. The second-order valence-electron chi connectivity index (χ2n) is 7.01. The standard InChI is InChI=1S/C20H26N4O/c1-23-10-6-9-17(14-23)11-18-12-22-19(13-21-18)20(25)24(2)15-16-7-4-3-5-8-16/h3-5,7-8,12-13,17H,6,9-11,14-15H2,1-2H3. The van der Waals surface area contributed by atoms with Crippen molar-refractivity contribution in [2.24, 2.45) is 5.92 Å². The predicted octanol–water partition coefficient (Wildman–Crippen LogP) is 2.63. The predicted molar refractivity (Wildman–Crippen MR) is 98.2 cm³/mol. The van der Waals surface area contributed by atoms with Gasteiger partial charge in [-0.15, -0.1) is 0 Å². The summed E-state index contributed by atoms with van der Waals surface area (Å²) in [6.45, 7) is 2.86. The number of rotatable bonds is 5. The van der Waals surface area contributed by atoms with Gasteiger partial charge in [0.1, 0.15) is 5.69 Å². The van der Waals surface area contributed by atoms with Crippen LogP contribution in [0.4, 0.5) is 0 Å². The molecule has 1 amide bonds. The van der Waals surface area contributed by atoms with Crippen molar-refractivity contribution in [3.8, 4) is 0 Å². The third-order valence-corrected chi connectivity index (χ3v) is 4.75.